The lowest BCUT2D eigenvalue weighted by Crippen LogP contribution is -2.29. The lowest BCUT2D eigenvalue weighted by Gasteiger charge is -2.11. The largest absolute Gasteiger partial charge is 0.454 e. The fourth-order valence-electron chi connectivity index (χ4n) is 3.13. The van der Waals surface area contributed by atoms with Crippen LogP contribution in [-0.2, 0) is 16.1 Å². The predicted octanol–water partition coefficient (Wildman–Crippen LogP) is 2.54. The van der Waals surface area contributed by atoms with Crippen molar-refractivity contribution in [3.05, 3.63) is 64.4 Å². The summed E-state index contributed by atoms with van der Waals surface area (Å²) in [6.07, 6.45) is 0. The summed E-state index contributed by atoms with van der Waals surface area (Å²) in [6, 6.07) is 13.4. The van der Waals surface area contributed by atoms with Gasteiger partial charge in [-0.2, -0.15) is 5.10 Å². The number of aromatic nitrogens is 2. The molecule has 0 atom stereocenters. The van der Waals surface area contributed by atoms with Gasteiger partial charge >= 0.3 is 0 Å². The van der Waals surface area contributed by atoms with Crippen molar-refractivity contribution < 1.29 is 19.1 Å². The van der Waals surface area contributed by atoms with Crippen molar-refractivity contribution >= 4 is 23.2 Å². The first kappa shape index (κ1) is 20.1. The van der Waals surface area contributed by atoms with Crippen molar-refractivity contribution in [3.63, 3.8) is 0 Å². The number of carbonyl (C=O) groups is 2. The van der Waals surface area contributed by atoms with Gasteiger partial charge in [-0.3, -0.25) is 14.4 Å². The quantitative estimate of drug-likeness (QED) is 0.656. The van der Waals surface area contributed by atoms with Gasteiger partial charge in [0.1, 0.15) is 6.54 Å². The molecule has 1 aliphatic heterocycles. The molecule has 0 spiro atoms. The van der Waals surface area contributed by atoms with Gasteiger partial charge in [0.2, 0.25) is 18.6 Å². The van der Waals surface area contributed by atoms with E-state index in [1.54, 1.807) is 30.3 Å². The lowest BCUT2D eigenvalue weighted by molar-refractivity contribution is -0.117. The summed E-state index contributed by atoms with van der Waals surface area (Å²) in [6.45, 7) is 3.19. The molecule has 31 heavy (non-hydrogen) atoms. The van der Waals surface area contributed by atoms with E-state index in [0.717, 1.165) is 10.2 Å². The van der Waals surface area contributed by atoms with E-state index in [-0.39, 0.29) is 19.2 Å². The van der Waals surface area contributed by atoms with E-state index in [1.165, 1.54) is 13.0 Å². The molecule has 1 aliphatic rings. The second-order valence-corrected chi connectivity index (χ2v) is 7.04. The van der Waals surface area contributed by atoms with Crippen molar-refractivity contribution in [2.75, 3.05) is 17.4 Å². The molecule has 3 aromatic rings. The fraction of sp³-hybridized carbons (Fsp3) is 0.182. The van der Waals surface area contributed by atoms with Crippen molar-refractivity contribution in [2.45, 2.75) is 20.4 Å². The molecule has 0 unspecified atom stereocenters. The Morgan fingerprint density at radius 1 is 1.03 bits per heavy atom. The zero-order valence-corrected chi connectivity index (χ0v) is 17.0. The highest BCUT2D eigenvalue weighted by Gasteiger charge is 2.15. The molecule has 0 saturated heterocycles. The van der Waals surface area contributed by atoms with E-state index in [9.17, 15) is 14.4 Å². The molecule has 2 heterocycles. The number of carbonyl (C=O) groups excluding carboxylic acids is 2. The van der Waals surface area contributed by atoms with E-state index in [4.69, 9.17) is 9.47 Å². The molecule has 9 heteroatoms. The number of amides is 2. The van der Waals surface area contributed by atoms with Crippen LogP contribution in [0.4, 0.5) is 11.4 Å². The van der Waals surface area contributed by atoms with E-state index in [1.807, 2.05) is 19.1 Å². The second kappa shape index (κ2) is 8.31. The molecule has 0 radical (unpaired) electrons. The first-order chi connectivity index (χ1) is 14.9. The molecule has 0 fully saturated rings. The number of fused-ring (bicyclic) bond motifs is 1. The first-order valence-electron chi connectivity index (χ1n) is 9.55. The third-order valence-electron chi connectivity index (χ3n) is 4.66. The number of rotatable bonds is 5. The Morgan fingerprint density at radius 3 is 2.65 bits per heavy atom. The van der Waals surface area contributed by atoms with Crippen molar-refractivity contribution in [1.82, 2.24) is 9.78 Å². The zero-order chi connectivity index (χ0) is 22.0. The minimum Gasteiger partial charge on any atom is -0.454 e. The summed E-state index contributed by atoms with van der Waals surface area (Å²) >= 11 is 0. The van der Waals surface area contributed by atoms with Crippen molar-refractivity contribution in [3.8, 4) is 22.8 Å². The van der Waals surface area contributed by atoms with E-state index < -0.39 is 11.5 Å². The smallest absolute Gasteiger partial charge is 0.267 e. The normalized spacial score (nSPS) is 11.8. The van der Waals surface area contributed by atoms with Crippen LogP contribution in [0.2, 0.25) is 0 Å². The van der Waals surface area contributed by atoms with Crippen LogP contribution in [0.15, 0.2) is 53.3 Å². The van der Waals surface area contributed by atoms with Crippen LogP contribution in [0.25, 0.3) is 11.3 Å². The van der Waals surface area contributed by atoms with Gasteiger partial charge in [-0.25, -0.2) is 4.68 Å². The maximum Gasteiger partial charge on any atom is 0.267 e. The van der Waals surface area contributed by atoms with Crippen LogP contribution in [0, 0.1) is 6.92 Å². The zero-order valence-electron chi connectivity index (χ0n) is 17.0. The van der Waals surface area contributed by atoms with Gasteiger partial charge in [-0.05, 0) is 36.8 Å². The average Bonchev–Trinajstić information content (AvgIpc) is 3.19. The van der Waals surface area contributed by atoms with Gasteiger partial charge in [0.25, 0.3) is 5.56 Å². The van der Waals surface area contributed by atoms with E-state index in [2.05, 4.69) is 15.7 Å². The summed E-state index contributed by atoms with van der Waals surface area (Å²) in [5, 5.41) is 9.81. The highest BCUT2D eigenvalue weighted by Crippen LogP contribution is 2.34. The van der Waals surface area contributed by atoms with E-state index >= 15 is 0 Å². The summed E-state index contributed by atoms with van der Waals surface area (Å²) < 4.78 is 11.6. The predicted molar refractivity (Wildman–Crippen MR) is 114 cm³/mol. The molecule has 0 bridgehead atoms. The number of aryl methyl sites for hydroxylation is 1. The van der Waals surface area contributed by atoms with Crippen molar-refractivity contribution in [1.29, 1.82) is 0 Å². The molecule has 2 aromatic carbocycles. The Kier molecular flexibility index (Phi) is 5.40. The molecule has 2 N–H and O–H groups in total. The van der Waals surface area contributed by atoms with Gasteiger partial charge in [0, 0.05) is 36.0 Å². The number of hydrogen-bond acceptors (Lipinski definition) is 6. The summed E-state index contributed by atoms with van der Waals surface area (Å²) in [7, 11) is 0. The summed E-state index contributed by atoms with van der Waals surface area (Å²) in [4.78, 5) is 36.1. The minimum atomic E-state index is -0.409. The Bertz CT molecular complexity index is 1230. The van der Waals surface area contributed by atoms with Gasteiger partial charge in [0.15, 0.2) is 11.5 Å². The molecular formula is C22H20N4O5. The SMILES string of the molecule is CC(=O)Nc1cc(-c2ccc(=O)n(CC(=O)Nc3ccc4c(c3)OCO4)n2)ccc1C. The van der Waals surface area contributed by atoms with Crippen LogP contribution in [0.3, 0.4) is 0 Å². The maximum atomic E-state index is 12.5. The van der Waals surface area contributed by atoms with Crippen LogP contribution in [0.5, 0.6) is 11.5 Å². The van der Waals surface area contributed by atoms with Crippen LogP contribution >= 0.6 is 0 Å². The summed E-state index contributed by atoms with van der Waals surface area (Å²) in [5.41, 5.74) is 2.89. The third-order valence-corrected chi connectivity index (χ3v) is 4.66. The molecule has 158 valence electrons. The van der Waals surface area contributed by atoms with Gasteiger partial charge in [-0.15, -0.1) is 0 Å². The van der Waals surface area contributed by atoms with Crippen LogP contribution in [-0.4, -0.2) is 28.4 Å². The number of benzene rings is 2. The number of ether oxygens (including phenoxy) is 2. The number of nitrogens with one attached hydrogen (secondary N) is 2. The molecular weight excluding hydrogens is 400 g/mol. The highest BCUT2D eigenvalue weighted by molar-refractivity contribution is 5.91. The van der Waals surface area contributed by atoms with Crippen LogP contribution in [0.1, 0.15) is 12.5 Å². The number of anilines is 2. The van der Waals surface area contributed by atoms with Crippen LogP contribution < -0.4 is 25.7 Å². The molecule has 0 saturated carbocycles. The Hall–Kier alpha value is -4.14. The standard InChI is InChI=1S/C22H20N4O5/c1-13-3-4-15(9-18(13)23-14(2)27)17-6-8-22(29)26(25-17)11-21(28)24-16-5-7-19-20(10-16)31-12-30-19/h3-10H,11-12H2,1-2H3,(H,23,27)(H,24,28). The lowest BCUT2D eigenvalue weighted by atomic mass is 10.1. The van der Waals surface area contributed by atoms with Crippen molar-refractivity contribution in [2.24, 2.45) is 0 Å². The Morgan fingerprint density at radius 2 is 1.84 bits per heavy atom. The monoisotopic (exact) mass is 420 g/mol. The van der Waals surface area contributed by atoms with Gasteiger partial charge < -0.3 is 20.1 Å². The third kappa shape index (κ3) is 4.55. The minimum absolute atomic E-state index is 0.140. The molecule has 0 aliphatic carbocycles. The second-order valence-electron chi connectivity index (χ2n) is 7.04. The Labute approximate surface area is 177 Å². The Balaban J connectivity index is 1.53. The average molecular weight is 420 g/mol. The number of hydrogen-bond donors (Lipinski definition) is 2. The molecule has 1 aromatic heterocycles. The number of nitrogens with zero attached hydrogens (tertiary/aromatic N) is 2. The van der Waals surface area contributed by atoms with Gasteiger partial charge in [-0.1, -0.05) is 12.1 Å². The summed E-state index contributed by atoms with van der Waals surface area (Å²) in [5.74, 6) is 0.566. The first-order valence-corrected chi connectivity index (χ1v) is 9.55. The van der Waals surface area contributed by atoms with Gasteiger partial charge in [0.05, 0.1) is 5.69 Å². The fourth-order valence-corrected chi connectivity index (χ4v) is 3.13. The molecule has 4 rings (SSSR count). The topological polar surface area (TPSA) is 112 Å². The van der Waals surface area contributed by atoms with E-state index in [0.29, 0.717) is 34.1 Å². The molecule has 2 amide bonds. The molecule has 9 nitrogen and oxygen atoms in total. The maximum absolute atomic E-state index is 12.5. The highest BCUT2D eigenvalue weighted by atomic mass is 16.7.